The number of carboxylic acids is 1. The Balaban J connectivity index is 2.08. The third-order valence-electron chi connectivity index (χ3n) is 4.37. The lowest BCUT2D eigenvalue weighted by Gasteiger charge is -2.31. The van der Waals surface area contributed by atoms with E-state index in [4.69, 9.17) is 5.11 Å². The van der Waals surface area contributed by atoms with E-state index in [2.05, 4.69) is 5.32 Å². The second kappa shape index (κ2) is 5.68. The van der Waals surface area contributed by atoms with Crippen molar-refractivity contribution >= 4 is 17.9 Å². The van der Waals surface area contributed by atoms with E-state index in [0.29, 0.717) is 25.9 Å². The lowest BCUT2D eigenvalue weighted by molar-refractivity contribution is -0.142. The van der Waals surface area contributed by atoms with Gasteiger partial charge in [-0.25, -0.2) is 4.79 Å². The van der Waals surface area contributed by atoms with E-state index in [-0.39, 0.29) is 18.0 Å². The van der Waals surface area contributed by atoms with E-state index in [1.807, 2.05) is 0 Å². The Morgan fingerprint density at radius 1 is 1.15 bits per heavy atom. The molecule has 0 aromatic carbocycles. The van der Waals surface area contributed by atoms with Crippen molar-refractivity contribution in [1.29, 1.82) is 0 Å². The van der Waals surface area contributed by atoms with Crippen molar-refractivity contribution in [3.05, 3.63) is 0 Å². The maximum atomic E-state index is 12.5. The highest BCUT2D eigenvalue weighted by atomic mass is 16.4. The molecule has 2 aliphatic heterocycles. The number of amides is 3. The number of carbonyl (C=O) groups is 3. The number of rotatable bonds is 2. The Morgan fingerprint density at radius 3 is 2.40 bits per heavy atom. The third kappa shape index (κ3) is 2.44. The van der Waals surface area contributed by atoms with Gasteiger partial charge in [0.25, 0.3) is 0 Å². The van der Waals surface area contributed by atoms with Gasteiger partial charge in [0, 0.05) is 26.2 Å². The molecule has 0 radical (unpaired) electrons. The highest BCUT2D eigenvalue weighted by Gasteiger charge is 2.43. The van der Waals surface area contributed by atoms with Gasteiger partial charge in [-0.2, -0.15) is 0 Å². The van der Waals surface area contributed by atoms with Gasteiger partial charge in [0.2, 0.25) is 5.91 Å². The molecular weight excluding hydrogens is 262 g/mol. The van der Waals surface area contributed by atoms with Gasteiger partial charge in [-0.15, -0.1) is 0 Å². The number of urea groups is 1. The number of likely N-dealkylation sites (N-methyl/N-ethyl adjacent to an activating group) is 1. The van der Waals surface area contributed by atoms with E-state index in [1.165, 1.54) is 0 Å². The van der Waals surface area contributed by atoms with E-state index < -0.39 is 17.9 Å². The standard InChI is InChI=1S/C13H21N3O4/c1-8-9(12(18)19)5-7-15(8)13(20)16-6-3-4-10(16)11(17)14-2/h8-10H,3-7H2,1-2H3,(H,14,17)(H,18,19). The second-order valence-corrected chi connectivity index (χ2v) is 5.42. The van der Waals surface area contributed by atoms with E-state index in [1.54, 1.807) is 23.8 Å². The van der Waals surface area contributed by atoms with Crippen molar-refractivity contribution in [3.63, 3.8) is 0 Å². The number of aliphatic carboxylic acids is 1. The third-order valence-corrected chi connectivity index (χ3v) is 4.37. The van der Waals surface area contributed by atoms with Crippen molar-refractivity contribution in [2.75, 3.05) is 20.1 Å². The molecule has 7 heteroatoms. The van der Waals surface area contributed by atoms with E-state index >= 15 is 0 Å². The van der Waals surface area contributed by atoms with Crippen molar-refractivity contribution < 1.29 is 19.5 Å². The number of carbonyl (C=O) groups excluding carboxylic acids is 2. The molecule has 2 fully saturated rings. The number of hydrogen-bond acceptors (Lipinski definition) is 3. The fourth-order valence-electron chi connectivity index (χ4n) is 3.14. The Kier molecular flexibility index (Phi) is 4.15. The first-order valence-electron chi connectivity index (χ1n) is 6.99. The molecule has 112 valence electrons. The van der Waals surface area contributed by atoms with E-state index in [0.717, 1.165) is 6.42 Å². The number of carboxylic acid groups (broad SMARTS) is 1. The van der Waals surface area contributed by atoms with E-state index in [9.17, 15) is 14.4 Å². The van der Waals surface area contributed by atoms with Crippen LogP contribution in [0.3, 0.4) is 0 Å². The summed E-state index contributed by atoms with van der Waals surface area (Å²) < 4.78 is 0. The first-order chi connectivity index (χ1) is 9.47. The monoisotopic (exact) mass is 283 g/mol. The average molecular weight is 283 g/mol. The summed E-state index contributed by atoms with van der Waals surface area (Å²) in [4.78, 5) is 38.6. The van der Waals surface area contributed by atoms with Crippen LogP contribution in [-0.4, -0.2) is 65.0 Å². The molecule has 3 amide bonds. The summed E-state index contributed by atoms with van der Waals surface area (Å²) in [5.41, 5.74) is 0. The van der Waals surface area contributed by atoms with Crippen molar-refractivity contribution in [2.24, 2.45) is 5.92 Å². The predicted molar refractivity (Wildman–Crippen MR) is 71.1 cm³/mol. The zero-order valence-corrected chi connectivity index (χ0v) is 11.8. The number of hydrogen-bond donors (Lipinski definition) is 2. The van der Waals surface area contributed by atoms with Crippen LogP contribution in [0.25, 0.3) is 0 Å². The Hall–Kier alpha value is -1.79. The quantitative estimate of drug-likeness (QED) is 0.752. The summed E-state index contributed by atoms with van der Waals surface area (Å²) in [6.45, 7) is 2.75. The summed E-state index contributed by atoms with van der Waals surface area (Å²) in [5.74, 6) is -1.53. The molecule has 2 rings (SSSR count). The van der Waals surface area contributed by atoms with Crippen molar-refractivity contribution in [3.8, 4) is 0 Å². The molecule has 2 aliphatic rings. The summed E-state index contributed by atoms with van der Waals surface area (Å²) in [5, 5.41) is 11.7. The molecule has 2 heterocycles. The van der Waals surface area contributed by atoms with Crippen LogP contribution in [0.5, 0.6) is 0 Å². The van der Waals surface area contributed by atoms with Crippen molar-refractivity contribution in [1.82, 2.24) is 15.1 Å². The highest BCUT2D eigenvalue weighted by molar-refractivity contribution is 5.88. The fourth-order valence-corrected chi connectivity index (χ4v) is 3.14. The van der Waals surface area contributed by atoms with Gasteiger partial charge in [-0.05, 0) is 26.2 Å². The van der Waals surface area contributed by atoms with Crippen molar-refractivity contribution in [2.45, 2.75) is 38.3 Å². The number of nitrogens with zero attached hydrogens (tertiary/aromatic N) is 2. The first kappa shape index (κ1) is 14.6. The van der Waals surface area contributed by atoms with Crippen LogP contribution in [0.15, 0.2) is 0 Å². The van der Waals surface area contributed by atoms with Crippen LogP contribution in [-0.2, 0) is 9.59 Å². The minimum absolute atomic E-state index is 0.155. The molecule has 2 saturated heterocycles. The molecule has 0 spiro atoms. The topological polar surface area (TPSA) is 90.0 Å². The number of likely N-dealkylation sites (tertiary alicyclic amines) is 2. The van der Waals surface area contributed by atoms with Gasteiger partial charge < -0.3 is 20.2 Å². The highest BCUT2D eigenvalue weighted by Crippen LogP contribution is 2.28. The number of nitrogens with one attached hydrogen (secondary N) is 1. The Labute approximate surface area is 117 Å². The largest absolute Gasteiger partial charge is 0.481 e. The second-order valence-electron chi connectivity index (χ2n) is 5.42. The molecule has 0 aromatic rings. The fraction of sp³-hybridized carbons (Fsp3) is 0.769. The van der Waals surface area contributed by atoms with Crippen LogP contribution in [0.2, 0.25) is 0 Å². The molecule has 0 saturated carbocycles. The molecular formula is C13H21N3O4. The molecule has 7 nitrogen and oxygen atoms in total. The molecule has 3 unspecified atom stereocenters. The Bertz CT molecular complexity index is 426. The summed E-state index contributed by atoms with van der Waals surface area (Å²) in [6, 6.07) is -0.970. The minimum Gasteiger partial charge on any atom is -0.481 e. The first-order valence-corrected chi connectivity index (χ1v) is 6.99. The molecule has 3 atom stereocenters. The molecule has 0 aliphatic carbocycles. The summed E-state index contributed by atoms with van der Waals surface area (Å²) >= 11 is 0. The molecule has 0 bridgehead atoms. The van der Waals surface area contributed by atoms with Gasteiger partial charge in [-0.3, -0.25) is 9.59 Å². The SMILES string of the molecule is CNC(=O)C1CCCN1C(=O)N1CCC(C(=O)O)C1C. The van der Waals surface area contributed by atoms with Crippen LogP contribution in [0, 0.1) is 5.92 Å². The lowest BCUT2D eigenvalue weighted by atomic mass is 10.0. The zero-order valence-electron chi connectivity index (χ0n) is 11.8. The summed E-state index contributed by atoms with van der Waals surface area (Å²) in [7, 11) is 1.56. The van der Waals surface area contributed by atoms with Crippen LogP contribution in [0.1, 0.15) is 26.2 Å². The van der Waals surface area contributed by atoms with Crippen LogP contribution in [0.4, 0.5) is 4.79 Å². The minimum atomic E-state index is -0.864. The predicted octanol–water partition coefficient (Wildman–Crippen LogP) is 0.112. The maximum absolute atomic E-state index is 12.5. The lowest BCUT2D eigenvalue weighted by Crippen LogP contribution is -2.51. The normalized spacial score (nSPS) is 29.6. The Morgan fingerprint density at radius 2 is 1.85 bits per heavy atom. The van der Waals surface area contributed by atoms with Gasteiger partial charge in [0.15, 0.2) is 0 Å². The van der Waals surface area contributed by atoms with Gasteiger partial charge in [0.1, 0.15) is 6.04 Å². The zero-order chi connectivity index (χ0) is 14.9. The van der Waals surface area contributed by atoms with Gasteiger partial charge in [-0.1, -0.05) is 0 Å². The average Bonchev–Trinajstić information content (AvgIpc) is 3.03. The van der Waals surface area contributed by atoms with Gasteiger partial charge >= 0.3 is 12.0 Å². The molecule has 2 N–H and O–H groups in total. The molecule has 20 heavy (non-hydrogen) atoms. The maximum Gasteiger partial charge on any atom is 0.320 e. The molecule has 0 aromatic heterocycles. The summed E-state index contributed by atoms with van der Waals surface area (Å²) in [6.07, 6.45) is 1.94. The van der Waals surface area contributed by atoms with Crippen LogP contribution >= 0.6 is 0 Å². The van der Waals surface area contributed by atoms with Gasteiger partial charge in [0.05, 0.1) is 5.92 Å². The van der Waals surface area contributed by atoms with Crippen LogP contribution < -0.4 is 5.32 Å². The smallest absolute Gasteiger partial charge is 0.320 e.